The highest BCUT2D eigenvalue weighted by Crippen LogP contribution is 2.35. The van der Waals surface area contributed by atoms with Crippen LogP contribution in [-0.4, -0.2) is 6.54 Å². The van der Waals surface area contributed by atoms with Crippen LogP contribution >= 0.6 is 0 Å². The van der Waals surface area contributed by atoms with Gasteiger partial charge in [0.1, 0.15) is 0 Å². The van der Waals surface area contributed by atoms with Crippen molar-refractivity contribution in [2.45, 2.75) is 13.3 Å². The Hall–Kier alpha value is -0.770. The molecule has 0 amide bonds. The lowest BCUT2D eigenvalue weighted by molar-refractivity contribution is 0.438. The average Bonchev–Trinajstić information content (AvgIpc) is 1.74. The monoisotopic (exact) mass is 120 g/mol. The Morgan fingerprint density at radius 2 is 2.56 bits per heavy atom. The number of rotatable bonds is 1. The van der Waals surface area contributed by atoms with E-state index in [1.807, 2.05) is 0 Å². The van der Waals surface area contributed by atoms with Crippen molar-refractivity contribution >= 4 is 0 Å². The third-order valence-corrected chi connectivity index (χ3v) is 2.31. The largest absolute Gasteiger partial charge is 0.285 e. The summed E-state index contributed by atoms with van der Waals surface area (Å²) >= 11 is 0. The average molecular weight is 120 g/mol. The lowest BCUT2D eigenvalue weighted by Gasteiger charge is -2.25. The van der Waals surface area contributed by atoms with E-state index in [0.29, 0.717) is 5.92 Å². The standard InChI is InChI=1S/C8H10N/c1-6-2-3-8(6)7-4-9-5-7/h2,7-8H,3-4H2,1H3/q+1. The Balaban J connectivity index is 2.05. The van der Waals surface area contributed by atoms with Gasteiger partial charge in [0.25, 0.3) is 12.6 Å². The fourth-order valence-corrected chi connectivity index (χ4v) is 1.39. The third-order valence-electron chi connectivity index (χ3n) is 2.31. The maximum absolute atomic E-state index is 3.96. The summed E-state index contributed by atoms with van der Waals surface area (Å²) in [6.07, 6.45) is 3.56. The minimum atomic E-state index is 0.676. The molecule has 0 bridgehead atoms. The Bertz CT molecular complexity index is 216. The number of nitrogens with zero attached hydrogens (tertiary/aromatic N) is 1. The van der Waals surface area contributed by atoms with Crippen molar-refractivity contribution < 1.29 is 0 Å². The van der Waals surface area contributed by atoms with Gasteiger partial charge in [0.2, 0.25) is 0 Å². The molecule has 9 heavy (non-hydrogen) atoms. The Morgan fingerprint density at radius 1 is 1.78 bits per heavy atom. The van der Waals surface area contributed by atoms with Gasteiger partial charge in [0.15, 0.2) is 5.92 Å². The van der Waals surface area contributed by atoms with Crippen LogP contribution in [0.3, 0.4) is 0 Å². The summed E-state index contributed by atoms with van der Waals surface area (Å²) in [5, 5.41) is 0. The first-order chi connectivity index (χ1) is 4.38. The lowest BCUT2D eigenvalue weighted by atomic mass is 9.76. The Labute approximate surface area is 55.2 Å². The molecule has 0 N–H and O–H groups in total. The molecule has 46 valence electrons. The summed E-state index contributed by atoms with van der Waals surface area (Å²) in [4.78, 5) is 3.96. The van der Waals surface area contributed by atoms with Crippen LogP contribution in [0, 0.1) is 17.9 Å². The fourth-order valence-electron chi connectivity index (χ4n) is 1.39. The zero-order valence-corrected chi connectivity index (χ0v) is 5.59. The molecule has 0 aromatic carbocycles. The van der Waals surface area contributed by atoms with Crippen LogP contribution in [0.1, 0.15) is 13.3 Å². The van der Waals surface area contributed by atoms with E-state index in [2.05, 4.69) is 23.9 Å². The summed E-state index contributed by atoms with van der Waals surface area (Å²) < 4.78 is 0. The van der Waals surface area contributed by atoms with Crippen molar-refractivity contribution in [3.8, 4) is 6.07 Å². The first-order valence-electron chi connectivity index (χ1n) is 3.46. The summed E-state index contributed by atoms with van der Waals surface area (Å²) in [6, 6.07) is 3.06. The van der Waals surface area contributed by atoms with Crippen molar-refractivity contribution in [1.82, 2.24) is 0 Å². The molecule has 2 rings (SSSR count). The molecule has 1 aliphatic heterocycles. The number of hydrogen-bond donors (Lipinski definition) is 0. The van der Waals surface area contributed by atoms with Crippen LogP contribution in [0.25, 0.3) is 4.85 Å². The van der Waals surface area contributed by atoms with Crippen molar-refractivity contribution in [3.63, 3.8) is 0 Å². The molecule has 2 unspecified atom stereocenters. The molecular formula is C8H10N+. The molecule has 2 atom stereocenters. The second-order valence-electron chi connectivity index (χ2n) is 2.87. The van der Waals surface area contributed by atoms with Crippen molar-refractivity contribution in [2.24, 2.45) is 11.8 Å². The summed E-state index contributed by atoms with van der Waals surface area (Å²) in [5.74, 6) is 1.48. The van der Waals surface area contributed by atoms with Gasteiger partial charge in [-0.1, -0.05) is 16.5 Å². The van der Waals surface area contributed by atoms with Crippen molar-refractivity contribution in [3.05, 3.63) is 16.5 Å². The zero-order valence-electron chi connectivity index (χ0n) is 5.59. The molecule has 0 aromatic rings. The second-order valence-corrected chi connectivity index (χ2v) is 2.87. The number of hydrogen-bond acceptors (Lipinski definition) is 0. The van der Waals surface area contributed by atoms with Gasteiger partial charge < -0.3 is 0 Å². The highest BCUT2D eigenvalue weighted by molar-refractivity contribution is 5.24. The van der Waals surface area contributed by atoms with E-state index < -0.39 is 0 Å². The van der Waals surface area contributed by atoms with Crippen molar-refractivity contribution in [1.29, 1.82) is 0 Å². The van der Waals surface area contributed by atoms with E-state index in [9.17, 15) is 0 Å². The van der Waals surface area contributed by atoms with E-state index in [4.69, 9.17) is 0 Å². The molecule has 0 spiro atoms. The maximum Gasteiger partial charge on any atom is 0.285 e. The first-order valence-corrected chi connectivity index (χ1v) is 3.46. The molecule has 2 aliphatic rings. The predicted molar refractivity (Wildman–Crippen MR) is 37.5 cm³/mol. The number of allylic oxidation sites excluding steroid dienone is 2. The summed E-state index contributed by atoms with van der Waals surface area (Å²) in [6.45, 7) is 3.23. The molecule has 0 saturated carbocycles. The van der Waals surface area contributed by atoms with Crippen LogP contribution in [0.15, 0.2) is 11.6 Å². The second kappa shape index (κ2) is 1.60. The predicted octanol–water partition coefficient (Wildman–Crippen LogP) is 1.92. The zero-order chi connectivity index (χ0) is 6.27. The Kier molecular flexibility index (Phi) is 0.900. The van der Waals surface area contributed by atoms with Crippen molar-refractivity contribution in [2.75, 3.05) is 6.54 Å². The highest BCUT2D eigenvalue weighted by Gasteiger charge is 2.37. The summed E-state index contributed by atoms with van der Waals surface area (Å²) in [5.41, 5.74) is 1.54. The topological polar surface area (TPSA) is 4.36 Å². The minimum Gasteiger partial charge on any atom is -0.0846 e. The van der Waals surface area contributed by atoms with Gasteiger partial charge in [-0.05, 0) is 13.3 Å². The van der Waals surface area contributed by atoms with Crippen LogP contribution < -0.4 is 0 Å². The molecule has 0 radical (unpaired) electrons. The SMILES string of the molecule is CC1=CCC1C1C#[N+]C1. The molecule has 0 fully saturated rings. The van der Waals surface area contributed by atoms with Crippen LogP contribution in [0.5, 0.6) is 0 Å². The maximum atomic E-state index is 3.96. The van der Waals surface area contributed by atoms with Crippen LogP contribution in [0.2, 0.25) is 0 Å². The smallest absolute Gasteiger partial charge is 0.0846 e. The molecule has 1 heterocycles. The Morgan fingerprint density at radius 3 is 2.67 bits per heavy atom. The van der Waals surface area contributed by atoms with E-state index in [-0.39, 0.29) is 0 Å². The summed E-state index contributed by atoms with van der Waals surface area (Å²) in [7, 11) is 0. The minimum absolute atomic E-state index is 0.676. The normalized spacial score (nSPS) is 37.2. The third kappa shape index (κ3) is 0.595. The lowest BCUT2D eigenvalue weighted by Crippen LogP contribution is -2.25. The molecule has 0 saturated heterocycles. The molecule has 0 aromatic heterocycles. The van der Waals surface area contributed by atoms with Gasteiger partial charge in [-0.15, -0.1) is 0 Å². The van der Waals surface area contributed by atoms with Gasteiger partial charge in [0, 0.05) is 5.92 Å². The fraction of sp³-hybridized carbons (Fsp3) is 0.625. The van der Waals surface area contributed by atoms with Crippen LogP contribution in [0.4, 0.5) is 0 Å². The molecule has 1 nitrogen and oxygen atoms in total. The van der Waals surface area contributed by atoms with E-state index in [1.54, 1.807) is 5.57 Å². The molecule has 1 aliphatic carbocycles. The van der Waals surface area contributed by atoms with Gasteiger partial charge in [0.05, 0.1) is 0 Å². The van der Waals surface area contributed by atoms with E-state index >= 15 is 0 Å². The molecular weight excluding hydrogens is 110 g/mol. The van der Waals surface area contributed by atoms with Gasteiger partial charge in [-0.3, -0.25) is 0 Å². The van der Waals surface area contributed by atoms with E-state index in [1.165, 1.54) is 6.42 Å². The van der Waals surface area contributed by atoms with Gasteiger partial charge in [-0.2, -0.15) is 0 Å². The highest BCUT2D eigenvalue weighted by atomic mass is 14.7. The van der Waals surface area contributed by atoms with E-state index in [0.717, 1.165) is 12.5 Å². The van der Waals surface area contributed by atoms with Gasteiger partial charge >= 0.3 is 0 Å². The van der Waals surface area contributed by atoms with Crippen LogP contribution in [-0.2, 0) is 0 Å². The van der Waals surface area contributed by atoms with Gasteiger partial charge in [-0.25, -0.2) is 0 Å². The molecule has 1 heteroatoms. The first kappa shape index (κ1) is 5.05. The quantitative estimate of drug-likeness (QED) is 0.466.